The Kier molecular flexibility index (Phi) is 5.29. The molecule has 1 aromatic rings. The number of rotatable bonds is 6. The first-order chi connectivity index (χ1) is 7.65. The molecule has 1 amide bonds. The van der Waals surface area contributed by atoms with Crippen LogP contribution in [0.2, 0.25) is 0 Å². The fourth-order valence-corrected chi connectivity index (χ4v) is 2.71. The lowest BCUT2D eigenvalue weighted by molar-refractivity contribution is -0.122. The highest BCUT2D eigenvalue weighted by molar-refractivity contribution is 7.10. The molecule has 0 atom stereocenters. The van der Waals surface area contributed by atoms with Crippen molar-refractivity contribution in [2.45, 2.75) is 38.6 Å². The van der Waals surface area contributed by atoms with E-state index in [9.17, 15) is 4.79 Å². The molecule has 1 N–H and O–H groups in total. The monoisotopic (exact) mass is 259 g/mol. The Hall–Kier alpha value is -0.540. The van der Waals surface area contributed by atoms with Gasteiger partial charge in [-0.05, 0) is 24.3 Å². The Bertz CT molecular complexity index is 312. The van der Waals surface area contributed by atoms with E-state index in [2.05, 4.69) is 19.2 Å². The summed E-state index contributed by atoms with van der Waals surface area (Å²) in [6.07, 6.45) is 2.18. The van der Waals surface area contributed by atoms with Crippen LogP contribution in [0, 0.1) is 0 Å². The van der Waals surface area contributed by atoms with Crippen LogP contribution in [0.3, 0.4) is 0 Å². The second kappa shape index (κ2) is 6.26. The molecule has 1 rings (SSSR count). The minimum Gasteiger partial charge on any atom is -0.349 e. The SMILES string of the molecule is CCC(CC)(CCl)NC(=O)Cc1cccs1. The number of halogens is 1. The molecule has 1 heterocycles. The van der Waals surface area contributed by atoms with Gasteiger partial charge in [0.05, 0.1) is 12.0 Å². The van der Waals surface area contributed by atoms with Gasteiger partial charge in [-0.3, -0.25) is 4.79 Å². The van der Waals surface area contributed by atoms with Crippen LogP contribution in [0.25, 0.3) is 0 Å². The minimum atomic E-state index is -0.240. The first-order valence-corrected chi connectivity index (χ1v) is 6.96. The maximum absolute atomic E-state index is 11.8. The number of thiophene rings is 1. The van der Waals surface area contributed by atoms with Crippen molar-refractivity contribution >= 4 is 28.8 Å². The van der Waals surface area contributed by atoms with E-state index in [1.54, 1.807) is 11.3 Å². The average Bonchev–Trinajstić information content (AvgIpc) is 2.79. The number of amides is 1. The Morgan fingerprint density at radius 3 is 2.62 bits per heavy atom. The Morgan fingerprint density at radius 1 is 1.50 bits per heavy atom. The number of carbonyl (C=O) groups excluding carboxylic acids is 1. The summed E-state index contributed by atoms with van der Waals surface area (Å²) in [5.74, 6) is 0.530. The highest BCUT2D eigenvalue weighted by Gasteiger charge is 2.26. The van der Waals surface area contributed by atoms with E-state index in [1.807, 2.05) is 17.5 Å². The van der Waals surface area contributed by atoms with E-state index in [1.165, 1.54) is 0 Å². The molecular weight excluding hydrogens is 242 g/mol. The number of hydrogen-bond acceptors (Lipinski definition) is 2. The summed E-state index contributed by atoms with van der Waals surface area (Å²) in [7, 11) is 0. The third-order valence-corrected chi connectivity index (χ3v) is 4.32. The topological polar surface area (TPSA) is 29.1 Å². The van der Waals surface area contributed by atoms with Crippen molar-refractivity contribution in [1.82, 2.24) is 5.32 Å². The standard InChI is InChI=1S/C12H18ClNOS/c1-3-12(4-2,9-13)14-11(15)8-10-6-5-7-16-10/h5-7H,3-4,8-9H2,1-2H3,(H,14,15). The van der Waals surface area contributed by atoms with Crippen LogP contribution in [0.4, 0.5) is 0 Å². The molecule has 1 aromatic heterocycles. The molecule has 16 heavy (non-hydrogen) atoms. The first-order valence-electron chi connectivity index (χ1n) is 5.55. The third kappa shape index (κ3) is 3.49. The minimum absolute atomic E-state index is 0.0619. The molecule has 0 aliphatic rings. The molecular formula is C12H18ClNOS. The van der Waals surface area contributed by atoms with Crippen LogP contribution < -0.4 is 5.32 Å². The summed E-state index contributed by atoms with van der Waals surface area (Å²) < 4.78 is 0. The predicted molar refractivity (Wildman–Crippen MR) is 70.2 cm³/mol. The van der Waals surface area contributed by atoms with Crippen LogP contribution in [-0.4, -0.2) is 17.3 Å². The summed E-state index contributed by atoms with van der Waals surface area (Å²) in [5, 5.41) is 5.04. The Morgan fingerprint density at radius 2 is 2.19 bits per heavy atom. The van der Waals surface area contributed by atoms with Crippen molar-refractivity contribution in [2.75, 3.05) is 5.88 Å². The molecule has 0 aromatic carbocycles. The van der Waals surface area contributed by atoms with E-state index in [0.717, 1.165) is 17.7 Å². The van der Waals surface area contributed by atoms with Crippen LogP contribution in [0.15, 0.2) is 17.5 Å². The van der Waals surface area contributed by atoms with Crippen LogP contribution in [-0.2, 0) is 11.2 Å². The van der Waals surface area contributed by atoms with E-state index < -0.39 is 0 Å². The number of alkyl halides is 1. The number of carbonyl (C=O) groups is 1. The van der Waals surface area contributed by atoms with E-state index >= 15 is 0 Å². The van der Waals surface area contributed by atoms with E-state index in [4.69, 9.17) is 11.6 Å². The zero-order valence-corrected chi connectivity index (χ0v) is 11.3. The molecule has 0 bridgehead atoms. The van der Waals surface area contributed by atoms with Gasteiger partial charge in [0, 0.05) is 10.8 Å². The fraction of sp³-hybridized carbons (Fsp3) is 0.583. The van der Waals surface area contributed by atoms with Crippen molar-refractivity contribution in [1.29, 1.82) is 0 Å². The highest BCUT2D eigenvalue weighted by Crippen LogP contribution is 2.18. The normalized spacial score (nSPS) is 11.4. The second-order valence-electron chi connectivity index (χ2n) is 3.93. The van der Waals surface area contributed by atoms with Crippen molar-refractivity contribution < 1.29 is 4.79 Å². The van der Waals surface area contributed by atoms with Crippen molar-refractivity contribution in [3.05, 3.63) is 22.4 Å². The molecule has 2 nitrogen and oxygen atoms in total. The molecule has 0 fully saturated rings. The summed E-state index contributed by atoms with van der Waals surface area (Å²) in [6.45, 7) is 4.11. The van der Waals surface area contributed by atoms with Gasteiger partial charge in [-0.15, -0.1) is 22.9 Å². The van der Waals surface area contributed by atoms with Gasteiger partial charge in [0.25, 0.3) is 0 Å². The molecule has 0 spiro atoms. The predicted octanol–water partition coefficient (Wildman–Crippen LogP) is 3.20. The van der Waals surface area contributed by atoms with Gasteiger partial charge < -0.3 is 5.32 Å². The van der Waals surface area contributed by atoms with Crippen molar-refractivity contribution in [3.8, 4) is 0 Å². The zero-order chi connectivity index (χ0) is 12.0. The molecule has 0 saturated carbocycles. The summed E-state index contributed by atoms with van der Waals surface area (Å²) in [4.78, 5) is 12.9. The van der Waals surface area contributed by atoms with Crippen molar-refractivity contribution in [2.24, 2.45) is 0 Å². The van der Waals surface area contributed by atoms with E-state index in [0.29, 0.717) is 12.3 Å². The summed E-state index contributed by atoms with van der Waals surface area (Å²) >= 11 is 7.54. The third-order valence-electron chi connectivity index (χ3n) is 2.93. The Labute approximate surface area is 106 Å². The number of hydrogen-bond donors (Lipinski definition) is 1. The van der Waals surface area contributed by atoms with Gasteiger partial charge in [0.1, 0.15) is 0 Å². The molecule has 0 unspecified atom stereocenters. The maximum Gasteiger partial charge on any atom is 0.225 e. The van der Waals surface area contributed by atoms with Crippen molar-refractivity contribution in [3.63, 3.8) is 0 Å². The molecule has 0 aliphatic carbocycles. The molecule has 0 radical (unpaired) electrons. The van der Waals surface area contributed by atoms with Gasteiger partial charge in [-0.25, -0.2) is 0 Å². The summed E-state index contributed by atoms with van der Waals surface area (Å²) in [6, 6.07) is 3.94. The Balaban J connectivity index is 2.55. The molecule has 0 saturated heterocycles. The lowest BCUT2D eigenvalue weighted by atomic mass is 9.95. The van der Waals surface area contributed by atoms with Crippen LogP contribution in [0.1, 0.15) is 31.6 Å². The highest BCUT2D eigenvalue weighted by atomic mass is 35.5. The van der Waals surface area contributed by atoms with Crippen LogP contribution in [0.5, 0.6) is 0 Å². The smallest absolute Gasteiger partial charge is 0.225 e. The van der Waals surface area contributed by atoms with E-state index in [-0.39, 0.29) is 11.4 Å². The van der Waals surface area contributed by atoms with Crippen LogP contribution >= 0.6 is 22.9 Å². The zero-order valence-electron chi connectivity index (χ0n) is 9.75. The lowest BCUT2D eigenvalue weighted by Crippen LogP contribution is -2.49. The first kappa shape index (κ1) is 13.5. The quantitative estimate of drug-likeness (QED) is 0.781. The van der Waals surface area contributed by atoms with Gasteiger partial charge in [-0.1, -0.05) is 19.9 Å². The fourth-order valence-electron chi connectivity index (χ4n) is 1.56. The average molecular weight is 260 g/mol. The summed E-state index contributed by atoms with van der Waals surface area (Å²) in [5.41, 5.74) is -0.240. The molecule has 90 valence electrons. The number of nitrogens with one attached hydrogen (secondary N) is 1. The van der Waals surface area contributed by atoms with Gasteiger partial charge in [0.2, 0.25) is 5.91 Å². The maximum atomic E-state index is 11.8. The van der Waals surface area contributed by atoms with Gasteiger partial charge >= 0.3 is 0 Å². The molecule has 0 aliphatic heterocycles. The largest absolute Gasteiger partial charge is 0.349 e. The lowest BCUT2D eigenvalue weighted by Gasteiger charge is -2.30. The van der Waals surface area contributed by atoms with Gasteiger partial charge in [0.15, 0.2) is 0 Å². The second-order valence-corrected chi connectivity index (χ2v) is 5.22. The van der Waals surface area contributed by atoms with Gasteiger partial charge in [-0.2, -0.15) is 0 Å². The molecule has 4 heteroatoms.